The molecule has 0 heterocycles. The third-order valence-electron chi connectivity index (χ3n) is 5.22. The molecule has 3 N–H and O–H groups in total. The van der Waals surface area contributed by atoms with Gasteiger partial charge in [0.15, 0.2) is 5.11 Å². The Hall–Kier alpha value is -3.19. The first-order valence-electron chi connectivity index (χ1n) is 10.9. The van der Waals surface area contributed by atoms with Crippen LogP contribution in [0.5, 0.6) is 5.75 Å². The minimum absolute atomic E-state index is 0.142. The van der Waals surface area contributed by atoms with Crippen LogP contribution >= 0.6 is 12.2 Å². The van der Waals surface area contributed by atoms with Crippen LogP contribution in [-0.2, 0) is 4.79 Å². The van der Waals surface area contributed by atoms with E-state index < -0.39 is 5.41 Å². The molecule has 0 saturated carbocycles. The number of aryl methyl sites for hydroxylation is 2. The molecule has 176 valence electrons. The van der Waals surface area contributed by atoms with Gasteiger partial charge in [-0.05, 0) is 68.2 Å². The van der Waals surface area contributed by atoms with E-state index in [1.807, 2.05) is 39.8 Å². The normalized spacial score (nSPS) is 10.8. The van der Waals surface area contributed by atoms with Gasteiger partial charge in [-0.2, -0.15) is 0 Å². The topological polar surface area (TPSA) is 79.5 Å². The summed E-state index contributed by atoms with van der Waals surface area (Å²) in [4.78, 5) is 25.2. The molecule has 6 nitrogen and oxygen atoms in total. The van der Waals surface area contributed by atoms with Gasteiger partial charge < -0.3 is 20.7 Å². The Morgan fingerprint density at radius 2 is 1.88 bits per heavy atom. The first-order chi connectivity index (χ1) is 15.6. The Labute approximate surface area is 201 Å². The number of rotatable bonds is 10. The van der Waals surface area contributed by atoms with E-state index in [0.717, 1.165) is 23.3 Å². The second kappa shape index (κ2) is 12.2. The number of thiocarbonyl (C=S) groups is 1. The maximum Gasteiger partial charge on any atom is 0.253 e. The molecule has 0 unspecified atom stereocenters. The van der Waals surface area contributed by atoms with Gasteiger partial charge in [0.1, 0.15) is 5.75 Å². The number of amides is 2. The molecule has 7 heteroatoms. The number of nitrogens with one attached hydrogen (secondary N) is 3. The van der Waals surface area contributed by atoms with Crippen molar-refractivity contribution in [2.75, 3.05) is 18.5 Å². The second-order valence-electron chi connectivity index (χ2n) is 8.56. The summed E-state index contributed by atoms with van der Waals surface area (Å²) >= 11 is 5.32. The lowest BCUT2D eigenvalue weighted by atomic mass is 9.87. The van der Waals surface area contributed by atoms with Crippen molar-refractivity contribution in [1.82, 2.24) is 10.6 Å². The van der Waals surface area contributed by atoms with Crippen molar-refractivity contribution in [3.05, 3.63) is 71.8 Å². The summed E-state index contributed by atoms with van der Waals surface area (Å²) in [5.41, 5.74) is 2.55. The minimum Gasteiger partial charge on any atom is -0.493 e. The van der Waals surface area contributed by atoms with Gasteiger partial charge in [-0.15, -0.1) is 6.58 Å². The predicted octanol–water partition coefficient (Wildman–Crippen LogP) is 4.92. The van der Waals surface area contributed by atoms with Crippen molar-refractivity contribution in [2.24, 2.45) is 5.41 Å². The third-order valence-corrected chi connectivity index (χ3v) is 5.42. The molecule has 2 aromatic carbocycles. The van der Waals surface area contributed by atoms with Crippen LogP contribution in [0.4, 0.5) is 5.69 Å². The van der Waals surface area contributed by atoms with E-state index in [4.69, 9.17) is 17.0 Å². The summed E-state index contributed by atoms with van der Waals surface area (Å²) in [6.07, 6.45) is 2.96. The maximum absolute atomic E-state index is 12.8. The zero-order chi connectivity index (χ0) is 24.4. The Morgan fingerprint density at radius 3 is 2.61 bits per heavy atom. The largest absolute Gasteiger partial charge is 0.493 e. The molecule has 33 heavy (non-hydrogen) atoms. The van der Waals surface area contributed by atoms with E-state index in [2.05, 4.69) is 28.6 Å². The summed E-state index contributed by atoms with van der Waals surface area (Å²) in [5, 5.41) is 8.58. The van der Waals surface area contributed by atoms with Crippen LogP contribution in [0.3, 0.4) is 0 Å². The summed E-state index contributed by atoms with van der Waals surface area (Å²) < 4.78 is 5.90. The summed E-state index contributed by atoms with van der Waals surface area (Å²) in [6.45, 7) is 12.3. The van der Waals surface area contributed by atoms with E-state index in [1.54, 1.807) is 30.3 Å². The van der Waals surface area contributed by atoms with Crippen LogP contribution in [0.1, 0.15) is 48.2 Å². The Balaban J connectivity index is 1.88. The van der Waals surface area contributed by atoms with E-state index >= 15 is 0 Å². The minimum atomic E-state index is -0.641. The molecular weight excluding hydrogens is 434 g/mol. The molecule has 2 rings (SSSR count). The van der Waals surface area contributed by atoms with Gasteiger partial charge >= 0.3 is 0 Å². The second-order valence-corrected chi connectivity index (χ2v) is 8.97. The molecule has 0 radical (unpaired) electrons. The molecule has 0 aliphatic carbocycles. The molecule has 0 bridgehead atoms. The van der Waals surface area contributed by atoms with Crippen LogP contribution in [0.15, 0.2) is 55.1 Å². The molecule has 0 atom stereocenters. The number of benzene rings is 2. The van der Waals surface area contributed by atoms with Crippen LogP contribution in [0.2, 0.25) is 0 Å². The predicted molar refractivity (Wildman–Crippen MR) is 138 cm³/mol. The summed E-state index contributed by atoms with van der Waals surface area (Å²) in [6, 6.07) is 13.1. The van der Waals surface area contributed by atoms with E-state index in [0.29, 0.717) is 30.8 Å². The zero-order valence-electron chi connectivity index (χ0n) is 19.8. The highest BCUT2D eigenvalue weighted by atomic mass is 32.1. The molecule has 0 aliphatic rings. The smallest absolute Gasteiger partial charge is 0.253 e. The van der Waals surface area contributed by atoms with Gasteiger partial charge in [-0.1, -0.05) is 44.2 Å². The van der Waals surface area contributed by atoms with Crippen molar-refractivity contribution >= 4 is 34.8 Å². The quantitative estimate of drug-likeness (QED) is 0.263. The number of carbonyl (C=O) groups excluding carboxylic acids is 2. The fraction of sp³-hybridized carbons (Fsp3) is 0.346. The summed E-state index contributed by atoms with van der Waals surface area (Å²) in [5.74, 6) is 0.426. The molecule has 0 spiro atoms. The van der Waals surface area contributed by atoms with E-state index in [9.17, 15) is 9.59 Å². The number of hydrogen-bond acceptors (Lipinski definition) is 4. The molecule has 0 aliphatic heterocycles. The lowest BCUT2D eigenvalue weighted by molar-refractivity contribution is -0.128. The summed E-state index contributed by atoms with van der Waals surface area (Å²) in [7, 11) is 0. The van der Waals surface area contributed by atoms with Crippen molar-refractivity contribution in [2.45, 2.75) is 40.5 Å². The number of hydrogen-bond donors (Lipinski definition) is 3. The van der Waals surface area contributed by atoms with Crippen molar-refractivity contribution in [3.8, 4) is 5.75 Å². The molecule has 2 amide bonds. The van der Waals surface area contributed by atoms with Gasteiger partial charge in [-0.3, -0.25) is 9.59 Å². The van der Waals surface area contributed by atoms with Crippen molar-refractivity contribution < 1.29 is 14.3 Å². The number of anilines is 1. The fourth-order valence-corrected chi connectivity index (χ4v) is 3.35. The first kappa shape index (κ1) is 26.1. The fourth-order valence-electron chi connectivity index (χ4n) is 3.15. The van der Waals surface area contributed by atoms with Crippen LogP contribution < -0.4 is 20.7 Å². The Kier molecular flexibility index (Phi) is 9.60. The lowest BCUT2D eigenvalue weighted by Crippen LogP contribution is -2.42. The van der Waals surface area contributed by atoms with Gasteiger partial charge in [0.2, 0.25) is 5.91 Å². The zero-order valence-corrected chi connectivity index (χ0v) is 20.6. The highest BCUT2D eigenvalue weighted by Gasteiger charge is 2.28. The van der Waals surface area contributed by atoms with Crippen LogP contribution in [0, 0.1) is 19.3 Å². The van der Waals surface area contributed by atoms with Crippen LogP contribution in [0.25, 0.3) is 0 Å². The van der Waals surface area contributed by atoms with Crippen molar-refractivity contribution in [3.63, 3.8) is 0 Å². The first-order valence-corrected chi connectivity index (χ1v) is 11.4. The Bertz CT molecular complexity index is 1020. The molecular formula is C26H33N3O3S. The number of para-hydroxylation sites is 1. The van der Waals surface area contributed by atoms with Crippen molar-refractivity contribution in [1.29, 1.82) is 0 Å². The van der Waals surface area contributed by atoms with Gasteiger partial charge in [0.25, 0.3) is 5.91 Å². The van der Waals surface area contributed by atoms with Gasteiger partial charge in [0.05, 0.1) is 17.9 Å². The standard InChI is InChI=1S/C26H33N3O3S/c1-6-15-27-23(30)20-10-7-8-11-21(20)28-25(33)29-24(31)26(4,5)14-9-16-32-22-17-18(2)12-13-19(22)3/h6-8,10-13,17H,1,9,14-16H2,2-5H3,(H,27,30)(H2,28,29,31,33). The number of ether oxygens (including phenoxy) is 1. The van der Waals surface area contributed by atoms with Gasteiger partial charge in [0, 0.05) is 12.0 Å². The van der Waals surface area contributed by atoms with E-state index in [1.165, 1.54) is 0 Å². The molecule has 2 aromatic rings. The highest BCUT2D eigenvalue weighted by Crippen LogP contribution is 2.24. The molecule has 0 aromatic heterocycles. The monoisotopic (exact) mass is 467 g/mol. The highest BCUT2D eigenvalue weighted by molar-refractivity contribution is 7.80. The average molecular weight is 468 g/mol. The lowest BCUT2D eigenvalue weighted by Gasteiger charge is -2.24. The maximum atomic E-state index is 12.8. The van der Waals surface area contributed by atoms with E-state index in [-0.39, 0.29) is 16.9 Å². The van der Waals surface area contributed by atoms with Gasteiger partial charge in [-0.25, -0.2) is 0 Å². The molecule has 0 fully saturated rings. The average Bonchev–Trinajstić information content (AvgIpc) is 2.77. The van der Waals surface area contributed by atoms with Crippen LogP contribution in [-0.4, -0.2) is 30.1 Å². The molecule has 0 saturated heterocycles. The third kappa shape index (κ3) is 8.02. The SMILES string of the molecule is C=CCNC(=O)c1ccccc1NC(=S)NC(=O)C(C)(C)CCCOc1cc(C)ccc1C. The Morgan fingerprint density at radius 1 is 1.15 bits per heavy atom. The number of carbonyl (C=O) groups is 2.